The number of hydrogen-bond donors (Lipinski definition) is 0. The molecule has 0 saturated carbocycles. The zero-order valence-corrected chi connectivity index (χ0v) is 12.5. The molecule has 1 aromatic heterocycles. The number of halogens is 1. The molecule has 0 bridgehead atoms. The van der Waals surface area contributed by atoms with Crippen molar-refractivity contribution in [2.45, 2.75) is 20.4 Å². The molecule has 0 aliphatic carbocycles. The molecule has 1 aromatic carbocycles. The highest BCUT2D eigenvalue weighted by molar-refractivity contribution is 6.30. The van der Waals surface area contributed by atoms with Gasteiger partial charge in [0.25, 0.3) is 5.56 Å². The van der Waals surface area contributed by atoms with Crippen molar-refractivity contribution in [1.82, 2.24) is 9.78 Å². The van der Waals surface area contributed by atoms with E-state index in [1.807, 2.05) is 6.07 Å². The molecule has 0 unspecified atom stereocenters. The number of rotatable bonds is 4. The predicted molar refractivity (Wildman–Crippen MR) is 79.6 cm³/mol. The highest BCUT2D eigenvalue weighted by Gasteiger charge is 2.11. The number of aryl methyl sites for hydroxylation is 1. The van der Waals surface area contributed by atoms with Crippen LogP contribution in [0.4, 0.5) is 0 Å². The lowest BCUT2D eigenvalue weighted by molar-refractivity contribution is 0.287. The SMILES string of the molecule is Cc1nn(CCOc2cccc(Cl)c2)c(=O)c(C#N)c1C. The maximum absolute atomic E-state index is 12.1. The molecule has 21 heavy (non-hydrogen) atoms. The van der Waals surface area contributed by atoms with Gasteiger partial charge >= 0.3 is 0 Å². The van der Waals surface area contributed by atoms with Gasteiger partial charge in [0.15, 0.2) is 0 Å². The van der Waals surface area contributed by atoms with E-state index in [4.69, 9.17) is 21.6 Å². The monoisotopic (exact) mass is 303 g/mol. The topological polar surface area (TPSA) is 67.9 Å². The van der Waals surface area contributed by atoms with Crippen LogP contribution >= 0.6 is 11.6 Å². The van der Waals surface area contributed by atoms with Gasteiger partial charge in [-0.3, -0.25) is 4.79 Å². The third-order valence-corrected chi connectivity index (χ3v) is 3.35. The van der Waals surface area contributed by atoms with E-state index >= 15 is 0 Å². The van der Waals surface area contributed by atoms with Gasteiger partial charge in [-0.25, -0.2) is 4.68 Å². The van der Waals surface area contributed by atoms with Crippen LogP contribution in [0.15, 0.2) is 29.1 Å². The number of nitrogens with zero attached hydrogens (tertiary/aromatic N) is 3. The van der Waals surface area contributed by atoms with E-state index in [1.54, 1.807) is 38.1 Å². The summed E-state index contributed by atoms with van der Waals surface area (Å²) >= 11 is 5.86. The van der Waals surface area contributed by atoms with Gasteiger partial charge in [0, 0.05) is 5.02 Å². The first-order chi connectivity index (χ1) is 10.0. The maximum Gasteiger partial charge on any atom is 0.285 e. The highest BCUT2D eigenvalue weighted by Crippen LogP contribution is 2.16. The van der Waals surface area contributed by atoms with Crippen molar-refractivity contribution in [2.24, 2.45) is 0 Å². The lowest BCUT2D eigenvalue weighted by Crippen LogP contribution is -2.29. The summed E-state index contributed by atoms with van der Waals surface area (Å²) in [6, 6.07) is 8.94. The average Bonchev–Trinajstić information content (AvgIpc) is 2.45. The molecule has 0 N–H and O–H groups in total. The summed E-state index contributed by atoms with van der Waals surface area (Å²) in [5.41, 5.74) is 1.02. The predicted octanol–water partition coefficient (Wildman–Crippen LogP) is 2.46. The molecule has 0 saturated heterocycles. The van der Waals surface area contributed by atoms with Crippen LogP contribution in [-0.4, -0.2) is 16.4 Å². The fraction of sp³-hybridized carbons (Fsp3) is 0.267. The molecule has 1 heterocycles. The van der Waals surface area contributed by atoms with Crippen molar-refractivity contribution in [2.75, 3.05) is 6.61 Å². The number of aromatic nitrogens is 2. The van der Waals surface area contributed by atoms with Crippen molar-refractivity contribution in [3.8, 4) is 11.8 Å². The van der Waals surface area contributed by atoms with Gasteiger partial charge in [-0.15, -0.1) is 0 Å². The molecule has 2 rings (SSSR count). The second-order valence-electron chi connectivity index (χ2n) is 4.53. The first-order valence-electron chi connectivity index (χ1n) is 6.39. The Morgan fingerprint density at radius 1 is 1.43 bits per heavy atom. The van der Waals surface area contributed by atoms with E-state index in [-0.39, 0.29) is 18.7 Å². The van der Waals surface area contributed by atoms with Gasteiger partial charge in [0.2, 0.25) is 0 Å². The normalized spacial score (nSPS) is 10.2. The summed E-state index contributed by atoms with van der Waals surface area (Å²) < 4.78 is 6.78. The Morgan fingerprint density at radius 2 is 2.19 bits per heavy atom. The van der Waals surface area contributed by atoms with E-state index in [1.165, 1.54) is 4.68 Å². The van der Waals surface area contributed by atoms with E-state index in [2.05, 4.69) is 5.10 Å². The summed E-state index contributed by atoms with van der Waals surface area (Å²) in [4.78, 5) is 12.1. The molecular weight excluding hydrogens is 290 g/mol. The molecule has 2 aromatic rings. The average molecular weight is 304 g/mol. The molecule has 0 spiro atoms. The third-order valence-electron chi connectivity index (χ3n) is 3.12. The van der Waals surface area contributed by atoms with Gasteiger partial charge in [-0.1, -0.05) is 17.7 Å². The first-order valence-corrected chi connectivity index (χ1v) is 6.77. The summed E-state index contributed by atoms with van der Waals surface area (Å²) in [6.45, 7) is 4.01. The Morgan fingerprint density at radius 3 is 2.86 bits per heavy atom. The summed E-state index contributed by atoms with van der Waals surface area (Å²) in [7, 11) is 0. The van der Waals surface area contributed by atoms with E-state index in [0.29, 0.717) is 22.0 Å². The third kappa shape index (κ3) is 3.41. The Labute approximate surface area is 127 Å². The van der Waals surface area contributed by atoms with Crippen LogP contribution in [0.5, 0.6) is 5.75 Å². The number of benzene rings is 1. The van der Waals surface area contributed by atoms with Gasteiger partial charge in [-0.2, -0.15) is 10.4 Å². The second kappa shape index (κ2) is 6.42. The van der Waals surface area contributed by atoms with Crippen LogP contribution < -0.4 is 10.3 Å². The van der Waals surface area contributed by atoms with Crippen LogP contribution in [0, 0.1) is 25.2 Å². The van der Waals surface area contributed by atoms with E-state index in [0.717, 1.165) is 0 Å². The van der Waals surface area contributed by atoms with Crippen molar-refractivity contribution >= 4 is 11.6 Å². The molecule has 0 aliphatic heterocycles. The second-order valence-corrected chi connectivity index (χ2v) is 4.97. The van der Waals surface area contributed by atoms with Gasteiger partial charge < -0.3 is 4.74 Å². The van der Waals surface area contributed by atoms with Crippen molar-refractivity contribution in [3.05, 3.63) is 56.5 Å². The molecule has 5 nitrogen and oxygen atoms in total. The maximum atomic E-state index is 12.1. The molecule has 6 heteroatoms. The Hall–Kier alpha value is -2.32. The zero-order valence-electron chi connectivity index (χ0n) is 11.8. The van der Waals surface area contributed by atoms with Crippen molar-refractivity contribution in [1.29, 1.82) is 5.26 Å². The Kier molecular flexibility index (Phi) is 4.61. The number of nitriles is 1. The van der Waals surface area contributed by atoms with Gasteiger partial charge in [0.05, 0.1) is 12.2 Å². The quantitative estimate of drug-likeness (QED) is 0.870. The van der Waals surface area contributed by atoms with Crippen LogP contribution in [-0.2, 0) is 6.54 Å². The largest absolute Gasteiger partial charge is 0.492 e. The minimum atomic E-state index is -0.393. The smallest absolute Gasteiger partial charge is 0.285 e. The molecule has 0 amide bonds. The number of ether oxygens (including phenoxy) is 1. The number of hydrogen-bond acceptors (Lipinski definition) is 4. The molecule has 0 fully saturated rings. The molecular formula is C15H14ClN3O2. The van der Waals surface area contributed by atoms with E-state index < -0.39 is 5.56 Å². The molecule has 0 atom stereocenters. The van der Waals surface area contributed by atoms with Gasteiger partial charge in [-0.05, 0) is 37.6 Å². The fourth-order valence-electron chi connectivity index (χ4n) is 1.86. The minimum Gasteiger partial charge on any atom is -0.492 e. The van der Waals surface area contributed by atoms with Crippen LogP contribution in [0.25, 0.3) is 0 Å². The minimum absolute atomic E-state index is 0.130. The lowest BCUT2D eigenvalue weighted by Gasteiger charge is -2.10. The lowest BCUT2D eigenvalue weighted by atomic mass is 10.1. The summed E-state index contributed by atoms with van der Waals surface area (Å²) in [6.07, 6.45) is 0. The van der Waals surface area contributed by atoms with E-state index in [9.17, 15) is 4.79 Å². The summed E-state index contributed by atoms with van der Waals surface area (Å²) in [5, 5.41) is 13.8. The van der Waals surface area contributed by atoms with Crippen LogP contribution in [0.3, 0.4) is 0 Å². The molecule has 108 valence electrons. The fourth-order valence-corrected chi connectivity index (χ4v) is 2.04. The standard InChI is InChI=1S/C15H14ClN3O2/c1-10-11(2)18-19(15(20)14(10)9-17)6-7-21-13-5-3-4-12(16)8-13/h3-5,8H,6-7H2,1-2H3. The van der Waals surface area contributed by atoms with Crippen molar-refractivity contribution < 1.29 is 4.74 Å². The molecule has 0 aliphatic rings. The van der Waals surface area contributed by atoms with Crippen molar-refractivity contribution in [3.63, 3.8) is 0 Å². The zero-order chi connectivity index (χ0) is 15.4. The summed E-state index contributed by atoms with van der Waals surface area (Å²) in [5.74, 6) is 0.625. The Balaban J connectivity index is 2.13. The highest BCUT2D eigenvalue weighted by atomic mass is 35.5. The first kappa shape index (κ1) is 15.1. The van der Waals surface area contributed by atoms with Crippen LogP contribution in [0.2, 0.25) is 5.02 Å². The van der Waals surface area contributed by atoms with Gasteiger partial charge in [0.1, 0.15) is 24.0 Å². The molecule has 0 radical (unpaired) electrons. The van der Waals surface area contributed by atoms with Crippen LogP contribution in [0.1, 0.15) is 16.8 Å². The Bertz CT molecular complexity index is 762.